The highest BCUT2D eigenvalue weighted by Crippen LogP contribution is 2.22. The number of nitrogens with zero attached hydrogens (tertiary/aromatic N) is 4. The molecule has 1 aliphatic heterocycles. The number of halogens is 1. The van der Waals surface area contributed by atoms with Crippen molar-refractivity contribution in [3.05, 3.63) is 40.5 Å². The van der Waals surface area contributed by atoms with Crippen LogP contribution in [0.5, 0.6) is 0 Å². The summed E-state index contributed by atoms with van der Waals surface area (Å²) < 4.78 is 57.2. The quantitative estimate of drug-likeness (QED) is 0.553. The Morgan fingerprint density at radius 2 is 1.93 bits per heavy atom. The van der Waals surface area contributed by atoms with Crippen LogP contribution in [0.1, 0.15) is 6.92 Å². The Balaban J connectivity index is 2.09. The summed E-state index contributed by atoms with van der Waals surface area (Å²) in [6.07, 6.45) is 0. The van der Waals surface area contributed by atoms with E-state index in [2.05, 4.69) is 21.2 Å². The van der Waals surface area contributed by atoms with Crippen molar-refractivity contribution >= 4 is 35.8 Å². The van der Waals surface area contributed by atoms with E-state index >= 15 is 0 Å². The molecule has 0 saturated carbocycles. The first-order chi connectivity index (χ1) is 12.7. The van der Waals surface area contributed by atoms with Gasteiger partial charge in [-0.1, -0.05) is 23.0 Å². The van der Waals surface area contributed by atoms with Crippen LogP contribution < -0.4 is 20.6 Å². The molecule has 1 unspecified atom stereocenters. The van der Waals surface area contributed by atoms with Gasteiger partial charge in [0, 0.05) is 35.6 Å². The van der Waals surface area contributed by atoms with Gasteiger partial charge in [0.25, 0.3) is 0 Å². The van der Waals surface area contributed by atoms with Crippen molar-refractivity contribution in [3.8, 4) is 0 Å². The van der Waals surface area contributed by atoms with Gasteiger partial charge in [-0.05, 0) is 24.3 Å². The van der Waals surface area contributed by atoms with Crippen molar-refractivity contribution in [2.24, 2.45) is 0 Å². The van der Waals surface area contributed by atoms with Gasteiger partial charge in [0.15, 0.2) is 9.84 Å². The van der Waals surface area contributed by atoms with Crippen molar-refractivity contribution < 1.29 is 26.1 Å². The summed E-state index contributed by atoms with van der Waals surface area (Å²) in [6, 6.07) is 7.81. The molecule has 1 saturated heterocycles. The number of sulfonamides is 1. The van der Waals surface area contributed by atoms with Crippen molar-refractivity contribution in [1.82, 2.24) is 9.58 Å². The minimum absolute atomic E-state index is 0.0607. The standard InChI is InChI=1S/C14H18BrN5O5S2/c1-2-26(21,22)18-8-9-19(20-13(15)14(16)25-17-20)12(10-18)27(23,24)11-6-4-3-5-7-11/h3-7,12,16H,2,8-10H2,1H3. The molecule has 0 amide bonds. The van der Waals surface area contributed by atoms with E-state index in [-0.39, 0.29) is 40.4 Å². The van der Waals surface area contributed by atoms with Crippen molar-refractivity contribution in [2.75, 3.05) is 30.4 Å². The van der Waals surface area contributed by atoms with Crippen LogP contribution in [-0.4, -0.2) is 51.9 Å². The Bertz CT molecular complexity index is 1080. The number of hydrogen-bond acceptors (Lipinski definition) is 7. The Labute approximate surface area is 164 Å². The number of piperazine rings is 1. The molecule has 10 nitrogen and oxygen atoms in total. The average molecular weight is 480 g/mol. The maximum absolute atomic E-state index is 13.3. The highest BCUT2D eigenvalue weighted by molar-refractivity contribution is 9.10. The van der Waals surface area contributed by atoms with Crippen LogP contribution >= 0.6 is 15.9 Å². The van der Waals surface area contributed by atoms with Gasteiger partial charge in [0.2, 0.25) is 10.0 Å². The van der Waals surface area contributed by atoms with Gasteiger partial charge in [-0.2, -0.15) is 0 Å². The maximum atomic E-state index is 13.3. The van der Waals surface area contributed by atoms with Crippen LogP contribution in [0.2, 0.25) is 0 Å². The van der Waals surface area contributed by atoms with E-state index in [1.54, 1.807) is 18.2 Å². The summed E-state index contributed by atoms with van der Waals surface area (Å²) in [5, 5.41) is 11.5. The van der Waals surface area contributed by atoms with Gasteiger partial charge >= 0.3 is 10.2 Å². The monoisotopic (exact) mass is 479 g/mol. The predicted octanol–water partition coefficient (Wildman–Crippen LogP) is -0.830. The molecule has 1 fully saturated rings. The summed E-state index contributed by atoms with van der Waals surface area (Å²) in [5.41, 5.74) is -0.269. The summed E-state index contributed by atoms with van der Waals surface area (Å²) in [6.45, 7) is 1.41. The third-order valence-corrected chi connectivity index (χ3v) is 8.84. The minimum Gasteiger partial charge on any atom is -0.379 e. The van der Waals surface area contributed by atoms with E-state index < -0.39 is 25.2 Å². The van der Waals surface area contributed by atoms with E-state index in [1.807, 2.05) is 0 Å². The molecule has 1 atom stereocenters. The lowest BCUT2D eigenvalue weighted by Gasteiger charge is -2.40. The van der Waals surface area contributed by atoms with E-state index in [9.17, 15) is 16.8 Å². The first-order valence-electron chi connectivity index (χ1n) is 8.01. The SMILES string of the molecule is CCS(=O)(=O)N1CCN([n+]2[n-]oc(=N)c2Br)C(S(=O)(=O)c2ccccc2)C1. The summed E-state index contributed by atoms with van der Waals surface area (Å²) in [4.78, 5) is 1.21. The first-order valence-corrected chi connectivity index (χ1v) is 12.0. The molecule has 0 bridgehead atoms. The Morgan fingerprint density at radius 3 is 2.48 bits per heavy atom. The molecule has 148 valence electrons. The lowest BCUT2D eigenvalue weighted by molar-refractivity contribution is -0.775. The van der Waals surface area contributed by atoms with Gasteiger partial charge in [-0.15, -0.1) is 0 Å². The van der Waals surface area contributed by atoms with Crippen LogP contribution in [0.25, 0.3) is 0 Å². The molecule has 13 heteroatoms. The summed E-state index contributed by atoms with van der Waals surface area (Å²) >= 11 is 3.16. The zero-order valence-electron chi connectivity index (χ0n) is 14.3. The molecule has 0 radical (unpaired) electrons. The molecule has 1 aromatic heterocycles. The molecule has 2 heterocycles. The second-order valence-corrected chi connectivity index (χ2v) is 10.9. The first kappa shape index (κ1) is 20.0. The van der Waals surface area contributed by atoms with Crippen LogP contribution in [0, 0.1) is 5.41 Å². The summed E-state index contributed by atoms with van der Waals surface area (Å²) in [7, 11) is -7.50. The normalized spacial score (nSPS) is 19.3. The number of nitrogens with one attached hydrogen (secondary N) is 1. The fourth-order valence-corrected chi connectivity index (χ4v) is 6.07. The third-order valence-electron chi connectivity index (χ3n) is 4.27. The third kappa shape index (κ3) is 3.68. The van der Waals surface area contributed by atoms with Crippen molar-refractivity contribution in [2.45, 2.75) is 17.2 Å². The fourth-order valence-electron chi connectivity index (χ4n) is 2.80. The molecule has 1 aliphatic rings. The van der Waals surface area contributed by atoms with E-state index in [0.29, 0.717) is 0 Å². The Hall–Kier alpha value is -1.70. The number of sulfone groups is 1. The Kier molecular flexibility index (Phi) is 5.47. The highest BCUT2D eigenvalue weighted by atomic mass is 79.9. The van der Waals surface area contributed by atoms with Crippen LogP contribution in [-0.2, 0) is 19.9 Å². The molecular formula is C14H18BrN5O5S2. The highest BCUT2D eigenvalue weighted by Gasteiger charge is 2.41. The minimum atomic E-state index is -3.93. The number of benzene rings is 1. The lowest BCUT2D eigenvalue weighted by Crippen LogP contribution is -2.73. The molecule has 0 spiro atoms. The van der Waals surface area contributed by atoms with Gasteiger partial charge in [0.05, 0.1) is 10.6 Å². The van der Waals surface area contributed by atoms with E-state index in [0.717, 1.165) is 4.79 Å². The second-order valence-electron chi connectivity index (χ2n) is 5.82. The van der Waals surface area contributed by atoms with Crippen LogP contribution in [0.4, 0.5) is 0 Å². The van der Waals surface area contributed by atoms with Crippen molar-refractivity contribution in [3.63, 3.8) is 0 Å². The topological polar surface area (TPSA) is 130 Å². The number of aromatic nitrogens is 2. The van der Waals surface area contributed by atoms with Gasteiger partial charge < -0.3 is 4.52 Å². The molecule has 27 heavy (non-hydrogen) atoms. The Morgan fingerprint density at radius 1 is 1.26 bits per heavy atom. The second kappa shape index (κ2) is 7.37. The van der Waals surface area contributed by atoms with E-state index in [1.165, 1.54) is 28.4 Å². The predicted molar refractivity (Wildman–Crippen MR) is 97.3 cm³/mol. The van der Waals surface area contributed by atoms with Gasteiger partial charge in [-0.3, -0.25) is 10.4 Å². The van der Waals surface area contributed by atoms with Gasteiger partial charge in [0.1, 0.15) is 5.37 Å². The molecule has 3 rings (SSSR count). The van der Waals surface area contributed by atoms with Crippen LogP contribution in [0.15, 0.2) is 44.4 Å². The smallest absolute Gasteiger partial charge is 0.332 e. The summed E-state index contributed by atoms with van der Waals surface area (Å²) in [5.74, 6) is -0.122. The molecule has 1 N–H and O–H groups in total. The zero-order chi connectivity index (χ0) is 19.8. The molecule has 1 aromatic carbocycles. The fraction of sp³-hybridized carbons (Fsp3) is 0.429. The average Bonchev–Trinajstić information content (AvgIpc) is 3.00. The van der Waals surface area contributed by atoms with Gasteiger partial charge in [-0.25, -0.2) is 21.1 Å². The number of rotatable bonds is 5. The molecule has 0 aliphatic carbocycles. The zero-order valence-corrected chi connectivity index (χ0v) is 17.5. The largest absolute Gasteiger partial charge is 0.379 e. The lowest BCUT2D eigenvalue weighted by atomic mass is 10.4. The number of hydrogen-bond donors (Lipinski definition) is 1. The molecule has 2 aromatic rings. The van der Waals surface area contributed by atoms with E-state index in [4.69, 9.17) is 9.93 Å². The maximum Gasteiger partial charge on any atom is 0.332 e. The van der Waals surface area contributed by atoms with Crippen molar-refractivity contribution in [1.29, 1.82) is 5.41 Å². The van der Waals surface area contributed by atoms with Crippen LogP contribution in [0.3, 0.4) is 0 Å². The molecular weight excluding hydrogens is 462 g/mol.